The molecule has 0 fully saturated rings. The molecule has 1 aromatic heterocycles. The normalized spacial score (nSPS) is 12.4. The SMILES string of the molecule is CCC(Nc1cccc(Cl)c1)c1cccs1. The fourth-order valence-corrected chi connectivity index (χ4v) is 2.69. The van der Waals surface area contributed by atoms with Gasteiger partial charge in [-0.3, -0.25) is 0 Å². The Balaban J connectivity index is 2.13. The molecule has 0 aliphatic carbocycles. The predicted octanol–water partition coefficient (Wildman–Crippen LogP) is 4.96. The second-order valence-corrected chi connectivity index (χ2v) is 5.05. The quantitative estimate of drug-likeness (QED) is 0.810. The van der Waals surface area contributed by atoms with Gasteiger partial charge in [-0.15, -0.1) is 11.3 Å². The van der Waals surface area contributed by atoms with Gasteiger partial charge in [-0.1, -0.05) is 30.7 Å². The van der Waals surface area contributed by atoms with Crippen LogP contribution in [-0.4, -0.2) is 0 Å². The van der Waals surface area contributed by atoms with Crippen molar-refractivity contribution in [3.63, 3.8) is 0 Å². The van der Waals surface area contributed by atoms with Crippen molar-refractivity contribution in [2.24, 2.45) is 0 Å². The molecular weight excluding hydrogens is 238 g/mol. The molecule has 1 unspecified atom stereocenters. The van der Waals surface area contributed by atoms with E-state index in [1.54, 1.807) is 11.3 Å². The summed E-state index contributed by atoms with van der Waals surface area (Å²) in [5.41, 5.74) is 1.08. The van der Waals surface area contributed by atoms with E-state index < -0.39 is 0 Å². The van der Waals surface area contributed by atoms with E-state index in [4.69, 9.17) is 11.6 Å². The molecule has 2 rings (SSSR count). The molecule has 3 heteroatoms. The van der Waals surface area contributed by atoms with Crippen LogP contribution >= 0.6 is 22.9 Å². The number of rotatable bonds is 4. The van der Waals surface area contributed by atoms with E-state index in [2.05, 4.69) is 29.8 Å². The minimum atomic E-state index is 0.374. The Hall–Kier alpha value is -0.990. The fraction of sp³-hybridized carbons (Fsp3) is 0.231. The summed E-state index contributed by atoms with van der Waals surface area (Å²) in [6, 6.07) is 12.5. The molecule has 84 valence electrons. The van der Waals surface area contributed by atoms with Crippen molar-refractivity contribution in [2.45, 2.75) is 19.4 Å². The first kappa shape index (κ1) is 11.5. The van der Waals surface area contributed by atoms with E-state index >= 15 is 0 Å². The molecule has 0 aliphatic rings. The average Bonchev–Trinajstić information content (AvgIpc) is 2.79. The minimum absolute atomic E-state index is 0.374. The maximum atomic E-state index is 5.96. The maximum absolute atomic E-state index is 5.96. The van der Waals surface area contributed by atoms with Gasteiger partial charge in [0.2, 0.25) is 0 Å². The summed E-state index contributed by atoms with van der Waals surface area (Å²) in [6.07, 6.45) is 1.06. The Labute approximate surface area is 105 Å². The van der Waals surface area contributed by atoms with E-state index in [1.165, 1.54) is 4.88 Å². The van der Waals surface area contributed by atoms with Gasteiger partial charge in [0.15, 0.2) is 0 Å². The third kappa shape index (κ3) is 2.77. The molecular formula is C13H14ClNS. The largest absolute Gasteiger partial charge is 0.377 e. The zero-order valence-electron chi connectivity index (χ0n) is 9.11. The first-order valence-corrected chi connectivity index (χ1v) is 6.61. The van der Waals surface area contributed by atoms with Crippen LogP contribution in [0.1, 0.15) is 24.3 Å². The molecule has 0 bridgehead atoms. The maximum Gasteiger partial charge on any atom is 0.0604 e. The second-order valence-electron chi connectivity index (χ2n) is 3.63. The van der Waals surface area contributed by atoms with Crippen LogP contribution in [0.4, 0.5) is 5.69 Å². The summed E-state index contributed by atoms with van der Waals surface area (Å²) in [5.74, 6) is 0. The lowest BCUT2D eigenvalue weighted by atomic mass is 10.1. The zero-order chi connectivity index (χ0) is 11.4. The Morgan fingerprint density at radius 1 is 1.31 bits per heavy atom. The fourth-order valence-electron chi connectivity index (χ4n) is 1.64. The number of halogens is 1. The summed E-state index contributed by atoms with van der Waals surface area (Å²) >= 11 is 7.74. The number of anilines is 1. The van der Waals surface area contributed by atoms with Crippen molar-refractivity contribution in [1.29, 1.82) is 0 Å². The van der Waals surface area contributed by atoms with Crippen LogP contribution in [-0.2, 0) is 0 Å². The number of thiophene rings is 1. The highest BCUT2D eigenvalue weighted by Gasteiger charge is 2.09. The Morgan fingerprint density at radius 2 is 2.19 bits per heavy atom. The first-order valence-electron chi connectivity index (χ1n) is 5.35. The molecule has 1 nitrogen and oxygen atoms in total. The molecule has 16 heavy (non-hydrogen) atoms. The van der Waals surface area contributed by atoms with Gasteiger partial charge in [0.25, 0.3) is 0 Å². The summed E-state index contributed by atoms with van der Waals surface area (Å²) in [4.78, 5) is 1.36. The molecule has 1 aromatic carbocycles. The lowest BCUT2D eigenvalue weighted by Crippen LogP contribution is -2.07. The third-order valence-corrected chi connectivity index (χ3v) is 3.68. The highest BCUT2D eigenvalue weighted by Crippen LogP contribution is 2.27. The Bertz CT molecular complexity index is 439. The van der Waals surface area contributed by atoms with Crippen LogP contribution in [0.2, 0.25) is 5.02 Å². The first-order chi connectivity index (χ1) is 7.79. The number of nitrogens with one attached hydrogen (secondary N) is 1. The van der Waals surface area contributed by atoms with Crippen molar-refractivity contribution in [3.05, 3.63) is 51.7 Å². The highest BCUT2D eigenvalue weighted by atomic mass is 35.5. The van der Waals surface area contributed by atoms with Gasteiger partial charge in [0, 0.05) is 15.6 Å². The molecule has 1 atom stereocenters. The van der Waals surface area contributed by atoms with Crippen molar-refractivity contribution >= 4 is 28.6 Å². The predicted molar refractivity (Wildman–Crippen MR) is 72.4 cm³/mol. The lowest BCUT2D eigenvalue weighted by Gasteiger charge is -2.16. The highest BCUT2D eigenvalue weighted by molar-refractivity contribution is 7.10. The number of benzene rings is 1. The van der Waals surface area contributed by atoms with Crippen molar-refractivity contribution in [1.82, 2.24) is 0 Å². The summed E-state index contributed by atoms with van der Waals surface area (Å²) in [5, 5.41) is 6.38. The second kappa shape index (κ2) is 5.37. The van der Waals surface area contributed by atoms with Crippen LogP contribution in [0.25, 0.3) is 0 Å². The van der Waals surface area contributed by atoms with E-state index in [1.807, 2.05) is 24.3 Å². The molecule has 0 amide bonds. The molecule has 2 aromatic rings. The number of hydrogen-bond acceptors (Lipinski definition) is 2. The molecule has 0 spiro atoms. The van der Waals surface area contributed by atoms with Gasteiger partial charge >= 0.3 is 0 Å². The summed E-state index contributed by atoms with van der Waals surface area (Å²) in [7, 11) is 0. The standard InChI is InChI=1S/C13H14ClNS/c1-2-12(13-7-4-8-16-13)15-11-6-3-5-10(14)9-11/h3-9,12,15H,2H2,1H3. The van der Waals surface area contributed by atoms with Gasteiger partial charge in [-0.2, -0.15) is 0 Å². The van der Waals surface area contributed by atoms with Crippen LogP contribution in [0, 0.1) is 0 Å². The van der Waals surface area contributed by atoms with E-state index in [0.29, 0.717) is 6.04 Å². The molecule has 0 saturated carbocycles. The molecule has 1 heterocycles. The minimum Gasteiger partial charge on any atom is -0.377 e. The van der Waals surface area contributed by atoms with Crippen molar-refractivity contribution < 1.29 is 0 Å². The Kier molecular flexibility index (Phi) is 3.86. The number of hydrogen-bond donors (Lipinski definition) is 1. The van der Waals surface area contributed by atoms with Gasteiger partial charge in [-0.25, -0.2) is 0 Å². The van der Waals surface area contributed by atoms with E-state index in [-0.39, 0.29) is 0 Å². The zero-order valence-corrected chi connectivity index (χ0v) is 10.7. The summed E-state index contributed by atoms with van der Waals surface area (Å²) in [6.45, 7) is 2.18. The third-order valence-electron chi connectivity index (χ3n) is 2.46. The molecule has 0 saturated heterocycles. The van der Waals surface area contributed by atoms with Crippen LogP contribution in [0.15, 0.2) is 41.8 Å². The smallest absolute Gasteiger partial charge is 0.0604 e. The van der Waals surface area contributed by atoms with Crippen molar-refractivity contribution in [3.8, 4) is 0 Å². The van der Waals surface area contributed by atoms with E-state index in [9.17, 15) is 0 Å². The van der Waals surface area contributed by atoms with Gasteiger partial charge in [-0.05, 0) is 36.1 Å². The van der Waals surface area contributed by atoms with Crippen LogP contribution < -0.4 is 5.32 Å². The Morgan fingerprint density at radius 3 is 2.81 bits per heavy atom. The van der Waals surface area contributed by atoms with Crippen molar-refractivity contribution in [2.75, 3.05) is 5.32 Å². The average molecular weight is 252 g/mol. The topological polar surface area (TPSA) is 12.0 Å². The van der Waals surface area contributed by atoms with Gasteiger partial charge < -0.3 is 5.32 Å². The van der Waals surface area contributed by atoms with Crippen LogP contribution in [0.3, 0.4) is 0 Å². The molecule has 1 N–H and O–H groups in total. The van der Waals surface area contributed by atoms with E-state index in [0.717, 1.165) is 17.1 Å². The van der Waals surface area contributed by atoms with Gasteiger partial charge in [0.1, 0.15) is 0 Å². The molecule has 0 radical (unpaired) electrons. The van der Waals surface area contributed by atoms with Crippen LogP contribution in [0.5, 0.6) is 0 Å². The summed E-state index contributed by atoms with van der Waals surface area (Å²) < 4.78 is 0. The molecule has 0 aliphatic heterocycles. The lowest BCUT2D eigenvalue weighted by molar-refractivity contribution is 0.764. The van der Waals surface area contributed by atoms with Gasteiger partial charge in [0.05, 0.1) is 6.04 Å². The monoisotopic (exact) mass is 251 g/mol.